The monoisotopic (exact) mass is 349 g/mol. The molecule has 1 fully saturated rings. The summed E-state index contributed by atoms with van der Waals surface area (Å²) in [5.74, 6) is 1.46. The van der Waals surface area contributed by atoms with Crippen molar-refractivity contribution in [3.8, 4) is 11.5 Å². The molecule has 0 unspecified atom stereocenters. The second kappa shape index (κ2) is 10.1. The Bertz CT molecular complexity index is 538. The van der Waals surface area contributed by atoms with E-state index in [1.165, 1.54) is 0 Å². The third-order valence-corrected chi connectivity index (χ3v) is 4.59. The fourth-order valence-electron chi connectivity index (χ4n) is 3.07. The zero-order chi connectivity index (χ0) is 18.1. The number of piperidine rings is 1. The summed E-state index contributed by atoms with van der Waals surface area (Å²) in [4.78, 5) is 16.4. The Kier molecular flexibility index (Phi) is 7.85. The number of likely N-dealkylation sites (N-methyl/N-ethyl adjacent to an activating group) is 1. The molecule has 140 valence electrons. The molecule has 1 heterocycles. The van der Waals surface area contributed by atoms with Gasteiger partial charge in [0.2, 0.25) is 0 Å². The van der Waals surface area contributed by atoms with Gasteiger partial charge in [-0.25, -0.2) is 4.79 Å². The molecule has 2 amide bonds. The van der Waals surface area contributed by atoms with Crippen LogP contribution in [0.15, 0.2) is 24.3 Å². The Morgan fingerprint density at radius 1 is 1.36 bits per heavy atom. The molecule has 0 aromatic heterocycles. The fraction of sp³-hybridized carbons (Fsp3) is 0.632. The number of benzene rings is 1. The van der Waals surface area contributed by atoms with Gasteiger partial charge < -0.3 is 24.6 Å². The van der Waals surface area contributed by atoms with Gasteiger partial charge in [-0.15, -0.1) is 0 Å². The topological polar surface area (TPSA) is 54.0 Å². The summed E-state index contributed by atoms with van der Waals surface area (Å²) in [6.07, 6.45) is 2.98. The highest BCUT2D eigenvalue weighted by molar-refractivity contribution is 5.74. The van der Waals surface area contributed by atoms with Gasteiger partial charge in [0, 0.05) is 26.2 Å². The molecule has 0 bridgehead atoms. The molecule has 1 N–H and O–H groups in total. The molecule has 0 radical (unpaired) electrons. The third-order valence-electron chi connectivity index (χ3n) is 4.59. The Balaban J connectivity index is 1.67. The minimum absolute atomic E-state index is 0.000227. The van der Waals surface area contributed by atoms with E-state index in [-0.39, 0.29) is 12.1 Å². The molecule has 1 saturated heterocycles. The normalized spacial score (nSPS) is 17.8. The standard InChI is InChI=1S/C19H31N3O3/c1-4-22-13-7-9-16(15-22)20-19(23)21(2)12-8-14-25-18-11-6-5-10-17(18)24-3/h5-6,10-11,16H,4,7-9,12-15H2,1-3H3,(H,20,23)/t16-/m0/s1. The van der Waals surface area contributed by atoms with E-state index in [2.05, 4.69) is 17.1 Å². The molecule has 6 nitrogen and oxygen atoms in total. The Morgan fingerprint density at radius 2 is 2.12 bits per heavy atom. The van der Waals surface area contributed by atoms with E-state index < -0.39 is 0 Å². The van der Waals surface area contributed by atoms with Gasteiger partial charge in [-0.05, 0) is 44.5 Å². The molecule has 2 rings (SSSR count). The number of urea groups is 1. The zero-order valence-corrected chi connectivity index (χ0v) is 15.7. The summed E-state index contributed by atoms with van der Waals surface area (Å²) in [6, 6.07) is 7.85. The molecule has 1 aromatic carbocycles. The van der Waals surface area contributed by atoms with Crippen LogP contribution in [-0.4, -0.2) is 68.8 Å². The summed E-state index contributed by atoms with van der Waals surface area (Å²) < 4.78 is 11.0. The van der Waals surface area contributed by atoms with Gasteiger partial charge in [-0.1, -0.05) is 19.1 Å². The van der Waals surface area contributed by atoms with Crippen molar-refractivity contribution in [2.75, 3.05) is 46.9 Å². The molecule has 6 heteroatoms. The van der Waals surface area contributed by atoms with Crippen molar-refractivity contribution >= 4 is 6.03 Å². The van der Waals surface area contributed by atoms with Gasteiger partial charge in [0.25, 0.3) is 0 Å². The summed E-state index contributed by atoms with van der Waals surface area (Å²) in [5.41, 5.74) is 0. The van der Waals surface area contributed by atoms with Crippen LogP contribution in [0.1, 0.15) is 26.2 Å². The second-order valence-corrected chi connectivity index (χ2v) is 6.46. The summed E-state index contributed by atoms with van der Waals surface area (Å²) >= 11 is 0. The number of hydrogen-bond acceptors (Lipinski definition) is 4. The van der Waals surface area contributed by atoms with Crippen molar-refractivity contribution in [2.24, 2.45) is 0 Å². The average Bonchev–Trinajstić information content (AvgIpc) is 2.65. The molecule has 25 heavy (non-hydrogen) atoms. The van der Waals surface area contributed by atoms with Crippen molar-refractivity contribution in [3.05, 3.63) is 24.3 Å². The molecule has 1 aliphatic rings. The first-order valence-corrected chi connectivity index (χ1v) is 9.13. The van der Waals surface area contributed by atoms with E-state index in [9.17, 15) is 4.79 Å². The molecular formula is C19H31N3O3. The highest BCUT2D eigenvalue weighted by Gasteiger charge is 2.21. The lowest BCUT2D eigenvalue weighted by Crippen LogP contribution is -2.50. The van der Waals surface area contributed by atoms with Gasteiger partial charge in [-0.3, -0.25) is 0 Å². The maximum atomic E-state index is 12.3. The van der Waals surface area contributed by atoms with Crippen molar-refractivity contribution in [1.82, 2.24) is 15.1 Å². The smallest absolute Gasteiger partial charge is 0.317 e. The number of hydrogen-bond donors (Lipinski definition) is 1. The predicted molar refractivity (Wildman–Crippen MR) is 99.4 cm³/mol. The first-order chi connectivity index (χ1) is 12.1. The highest BCUT2D eigenvalue weighted by atomic mass is 16.5. The number of nitrogens with one attached hydrogen (secondary N) is 1. The Morgan fingerprint density at radius 3 is 2.84 bits per heavy atom. The number of likely N-dealkylation sites (tertiary alicyclic amines) is 1. The maximum Gasteiger partial charge on any atom is 0.317 e. The molecule has 1 atom stereocenters. The van der Waals surface area contributed by atoms with Crippen LogP contribution in [0.5, 0.6) is 11.5 Å². The van der Waals surface area contributed by atoms with E-state index in [1.54, 1.807) is 12.0 Å². The number of methoxy groups -OCH3 is 1. The quantitative estimate of drug-likeness (QED) is 0.733. The number of ether oxygens (including phenoxy) is 2. The SMILES string of the molecule is CCN1CCC[C@H](NC(=O)N(C)CCCOc2ccccc2OC)C1. The van der Waals surface area contributed by atoms with E-state index in [0.29, 0.717) is 13.2 Å². The van der Waals surface area contributed by atoms with Gasteiger partial charge in [-0.2, -0.15) is 0 Å². The first-order valence-electron chi connectivity index (χ1n) is 9.13. The minimum atomic E-state index is 0.000227. The molecule has 1 aliphatic heterocycles. The van der Waals surface area contributed by atoms with Crippen LogP contribution >= 0.6 is 0 Å². The zero-order valence-electron chi connectivity index (χ0n) is 15.7. The summed E-state index contributed by atoms with van der Waals surface area (Å²) in [6.45, 7) is 6.50. The number of carbonyl (C=O) groups excluding carboxylic acids is 1. The predicted octanol–water partition coefficient (Wildman–Crippen LogP) is 2.59. The Labute approximate surface area is 151 Å². The first kappa shape index (κ1) is 19.4. The van der Waals surface area contributed by atoms with E-state index in [0.717, 1.165) is 50.4 Å². The van der Waals surface area contributed by atoms with E-state index in [1.807, 2.05) is 31.3 Å². The lowest BCUT2D eigenvalue weighted by molar-refractivity contribution is 0.174. The fourth-order valence-corrected chi connectivity index (χ4v) is 3.07. The Hall–Kier alpha value is -1.95. The van der Waals surface area contributed by atoms with Crippen LogP contribution in [0.3, 0.4) is 0 Å². The molecular weight excluding hydrogens is 318 g/mol. The van der Waals surface area contributed by atoms with Gasteiger partial charge in [0.1, 0.15) is 0 Å². The molecule has 0 spiro atoms. The van der Waals surface area contributed by atoms with Crippen molar-refractivity contribution in [3.63, 3.8) is 0 Å². The molecule has 0 aliphatic carbocycles. The van der Waals surface area contributed by atoms with Crippen molar-refractivity contribution in [2.45, 2.75) is 32.2 Å². The lowest BCUT2D eigenvalue weighted by Gasteiger charge is -2.33. The number of nitrogens with zero attached hydrogens (tertiary/aromatic N) is 2. The van der Waals surface area contributed by atoms with Crippen LogP contribution in [0.25, 0.3) is 0 Å². The number of para-hydroxylation sites is 2. The molecule has 0 saturated carbocycles. The maximum absolute atomic E-state index is 12.3. The summed E-state index contributed by atoms with van der Waals surface area (Å²) in [5, 5.41) is 3.14. The second-order valence-electron chi connectivity index (χ2n) is 6.46. The largest absolute Gasteiger partial charge is 0.493 e. The lowest BCUT2D eigenvalue weighted by atomic mass is 10.1. The van der Waals surface area contributed by atoms with Crippen LogP contribution in [0.2, 0.25) is 0 Å². The van der Waals surface area contributed by atoms with Crippen LogP contribution in [-0.2, 0) is 0 Å². The van der Waals surface area contributed by atoms with Crippen molar-refractivity contribution in [1.29, 1.82) is 0 Å². The summed E-state index contributed by atoms with van der Waals surface area (Å²) in [7, 11) is 3.46. The number of amides is 2. The van der Waals surface area contributed by atoms with Gasteiger partial charge in [0.15, 0.2) is 11.5 Å². The van der Waals surface area contributed by atoms with Crippen LogP contribution < -0.4 is 14.8 Å². The van der Waals surface area contributed by atoms with E-state index in [4.69, 9.17) is 9.47 Å². The van der Waals surface area contributed by atoms with E-state index >= 15 is 0 Å². The van der Waals surface area contributed by atoms with Crippen molar-refractivity contribution < 1.29 is 14.3 Å². The average molecular weight is 349 g/mol. The third kappa shape index (κ3) is 6.12. The van der Waals surface area contributed by atoms with Gasteiger partial charge >= 0.3 is 6.03 Å². The highest BCUT2D eigenvalue weighted by Crippen LogP contribution is 2.25. The number of carbonyl (C=O) groups is 1. The molecule has 1 aromatic rings. The number of rotatable bonds is 8. The minimum Gasteiger partial charge on any atom is -0.493 e. The van der Waals surface area contributed by atoms with Gasteiger partial charge in [0.05, 0.1) is 13.7 Å². The van der Waals surface area contributed by atoms with Crippen LogP contribution in [0, 0.1) is 0 Å². The van der Waals surface area contributed by atoms with Crippen LogP contribution in [0.4, 0.5) is 4.79 Å².